The Hall–Kier alpha value is -3.81. The summed E-state index contributed by atoms with van der Waals surface area (Å²) in [5.41, 5.74) is 2.67. The van der Waals surface area contributed by atoms with Crippen LogP contribution in [0.4, 0.5) is 11.6 Å². The van der Waals surface area contributed by atoms with Gasteiger partial charge in [-0.1, -0.05) is 6.07 Å². The number of nitrogens with one attached hydrogen (secondary N) is 2. The van der Waals surface area contributed by atoms with Gasteiger partial charge in [-0.05, 0) is 55.0 Å². The van der Waals surface area contributed by atoms with Gasteiger partial charge in [0.05, 0.1) is 7.11 Å². The van der Waals surface area contributed by atoms with E-state index in [-0.39, 0.29) is 18.4 Å². The number of rotatable bonds is 6. The lowest BCUT2D eigenvalue weighted by Gasteiger charge is -2.10. The SMILES string of the molecule is COc1ccc(Nc2nc(C)cc(C(=O)NCc3ccc4c(c3)OCO4)n2)cc1. The van der Waals surface area contributed by atoms with Crippen molar-refractivity contribution in [2.75, 3.05) is 19.2 Å². The van der Waals surface area contributed by atoms with Crippen molar-refractivity contribution in [2.45, 2.75) is 13.5 Å². The molecule has 148 valence electrons. The first-order chi connectivity index (χ1) is 14.1. The number of benzene rings is 2. The molecule has 29 heavy (non-hydrogen) atoms. The van der Waals surface area contributed by atoms with Crippen LogP contribution >= 0.6 is 0 Å². The third kappa shape index (κ3) is 4.37. The molecule has 1 aliphatic heterocycles. The lowest BCUT2D eigenvalue weighted by Crippen LogP contribution is -2.24. The van der Waals surface area contributed by atoms with Gasteiger partial charge in [0.25, 0.3) is 5.91 Å². The summed E-state index contributed by atoms with van der Waals surface area (Å²) in [6.07, 6.45) is 0. The summed E-state index contributed by atoms with van der Waals surface area (Å²) in [4.78, 5) is 21.3. The van der Waals surface area contributed by atoms with E-state index < -0.39 is 0 Å². The second-order valence-corrected chi connectivity index (χ2v) is 6.44. The minimum absolute atomic E-state index is 0.218. The smallest absolute Gasteiger partial charge is 0.270 e. The second-order valence-electron chi connectivity index (χ2n) is 6.44. The molecule has 0 aliphatic carbocycles. The summed E-state index contributed by atoms with van der Waals surface area (Å²) in [7, 11) is 1.61. The molecule has 2 N–H and O–H groups in total. The van der Waals surface area contributed by atoms with Crippen molar-refractivity contribution in [2.24, 2.45) is 0 Å². The molecule has 0 spiro atoms. The first-order valence-corrected chi connectivity index (χ1v) is 9.04. The molecule has 0 unspecified atom stereocenters. The molecule has 8 nitrogen and oxygen atoms in total. The van der Waals surface area contributed by atoms with Crippen molar-refractivity contribution >= 4 is 17.5 Å². The highest BCUT2D eigenvalue weighted by molar-refractivity contribution is 5.92. The predicted octanol–water partition coefficient (Wildman–Crippen LogP) is 3.20. The fourth-order valence-electron chi connectivity index (χ4n) is 2.87. The van der Waals surface area contributed by atoms with Gasteiger partial charge in [-0.3, -0.25) is 4.79 Å². The van der Waals surface area contributed by atoms with Crippen LogP contribution in [0.5, 0.6) is 17.2 Å². The molecule has 3 aromatic rings. The van der Waals surface area contributed by atoms with Crippen LogP contribution in [0.2, 0.25) is 0 Å². The molecule has 0 radical (unpaired) electrons. The highest BCUT2D eigenvalue weighted by atomic mass is 16.7. The van der Waals surface area contributed by atoms with Gasteiger partial charge in [0.15, 0.2) is 11.5 Å². The topological polar surface area (TPSA) is 94.6 Å². The number of nitrogens with zero attached hydrogens (tertiary/aromatic N) is 2. The third-order valence-corrected chi connectivity index (χ3v) is 4.32. The zero-order valence-corrected chi connectivity index (χ0v) is 16.1. The lowest BCUT2D eigenvalue weighted by atomic mass is 10.2. The Bertz CT molecular complexity index is 1040. The molecule has 1 aliphatic rings. The Kier molecular flexibility index (Phi) is 5.15. The quantitative estimate of drug-likeness (QED) is 0.665. The van der Waals surface area contributed by atoms with E-state index in [0.29, 0.717) is 29.7 Å². The van der Waals surface area contributed by atoms with Crippen LogP contribution in [0.1, 0.15) is 21.7 Å². The zero-order valence-electron chi connectivity index (χ0n) is 16.1. The fraction of sp³-hybridized carbons (Fsp3) is 0.190. The van der Waals surface area contributed by atoms with E-state index in [9.17, 15) is 4.79 Å². The molecule has 1 amide bonds. The van der Waals surface area contributed by atoms with E-state index in [2.05, 4.69) is 20.6 Å². The molecule has 1 aromatic heterocycles. The van der Waals surface area contributed by atoms with E-state index >= 15 is 0 Å². The fourth-order valence-corrected chi connectivity index (χ4v) is 2.87. The van der Waals surface area contributed by atoms with Gasteiger partial charge in [-0.15, -0.1) is 0 Å². The van der Waals surface area contributed by atoms with Crippen molar-refractivity contribution in [3.8, 4) is 17.2 Å². The van der Waals surface area contributed by atoms with Gasteiger partial charge in [-0.25, -0.2) is 9.97 Å². The molecule has 0 atom stereocenters. The number of methoxy groups -OCH3 is 1. The van der Waals surface area contributed by atoms with Crippen molar-refractivity contribution in [3.63, 3.8) is 0 Å². The van der Waals surface area contributed by atoms with Crippen LogP contribution in [-0.2, 0) is 6.54 Å². The minimum atomic E-state index is -0.286. The molecule has 2 aromatic carbocycles. The monoisotopic (exact) mass is 392 g/mol. The summed E-state index contributed by atoms with van der Waals surface area (Å²) in [6.45, 7) is 2.38. The average molecular weight is 392 g/mol. The number of carbonyl (C=O) groups excluding carboxylic acids is 1. The first-order valence-electron chi connectivity index (χ1n) is 9.04. The van der Waals surface area contributed by atoms with Gasteiger partial charge in [0.1, 0.15) is 11.4 Å². The van der Waals surface area contributed by atoms with Crippen molar-refractivity contribution in [1.82, 2.24) is 15.3 Å². The Balaban J connectivity index is 1.44. The number of ether oxygens (including phenoxy) is 3. The molecule has 8 heteroatoms. The number of aromatic nitrogens is 2. The number of hydrogen-bond acceptors (Lipinski definition) is 7. The summed E-state index contributed by atoms with van der Waals surface area (Å²) in [6, 6.07) is 14.6. The Morgan fingerprint density at radius 1 is 1.07 bits per heavy atom. The minimum Gasteiger partial charge on any atom is -0.497 e. The molecule has 0 saturated heterocycles. The molecule has 0 bridgehead atoms. The molecule has 2 heterocycles. The maximum atomic E-state index is 12.6. The van der Waals surface area contributed by atoms with E-state index in [1.807, 2.05) is 49.4 Å². The Labute approximate surface area is 167 Å². The molecular weight excluding hydrogens is 372 g/mol. The van der Waals surface area contributed by atoms with Gasteiger partial charge < -0.3 is 24.8 Å². The number of anilines is 2. The van der Waals surface area contributed by atoms with Crippen LogP contribution in [-0.4, -0.2) is 29.8 Å². The van der Waals surface area contributed by atoms with E-state index in [4.69, 9.17) is 14.2 Å². The van der Waals surface area contributed by atoms with Crippen LogP contribution in [0.15, 0.2) is 48.5 Å². The van der Waals surface area contributed by atoms with Gasteiger partial charge in [0, 0.05) is 17.9 Å². The summed E-state index contributed by atoms with van der Waals surface area (Å²) in [5, 5.41) is 5.98. The van der Waals surface area contributed by atoms with Crippen LogP contribution in [0, 0.1) is 6.92 Å². The highest BCUT2D eigenvalue weighted by Crippen LogP contribution is 2.32. The van der Waals surface area contributed by atoms with Crippen molar-refractivity contribution < 1.29 is 19.0 Å². The zero-order chi connectivity index (χ0) is 20.2. The standard InChI is InChI=1S/C21H20N4O4/c1-13-9-17(25-21(23-13)24-15-4-6-16(27-2)7-5-15)20(26)22-11-14-3-8-18-19(10-14)29-12-28-18/h3-10H,11-12H2,1-2H3,(H,22,26)(H,23,24,25). The number of aryl methyl sites for hydroxylation is 1. The van der Waals surface area contributed by atoms with Crippen LogP contribution in [0.3, 0.4) is 0 Å². The second kappa shape index (κ2) is 8.05. The van der Waals surface area contributed by atoms with Crippen molar-refractivity contribution in [1.29, 1.82) is 0 Å². The summed E-state index contributed by atoms with van der Waals surface area (Å²) in [5.74, 6) is 2.21. The van der Waals surface area contributed by atoms with E-state index in [1.165, 1.54) is 0 Å². The Morgan fingerprint density at radius 2 is 1.86 bits per heavy atom. The number of amides is 1. The molecule has 0 fully saturated rings. The number of fused-ring (bicyclic) bond motifs is 1. The van der Waals surface area contributed by atoms with E-state index in [1.54, 1.807) is 13.2 Å². The largest absolute Gasteiger partial charge is 0.497 e. The maximum Gasteiger partial charge on any atom is 0.270 e. The molecular formula is C21H20N4O4. The summed E-state index contributed by atoms with van der Waals surface area (Å²) < 4.78 is 15.8. The predicted molar refractivity (Wildman–Crippen MR) is 107 cm³/mol. The maximum absolute atomic E-state index is 12.6. The lowest BCUT2D eigenvalue weighted by molar-refractivity contribution is 0.0945. The van der Waals surface area contributed by atoms with Gasteiger partial charge in [-0.2, -0.15) is 0 Å². The number of hydrogen-bond donors (Lipinski definition) is 2. The van der Waals surface area contributed by atoms with Crippen LogP contribution in [0.25, 0.3) is 0 Å². The average Bonchev–Trinajstić information content (AvgIpc) is 3.20. The van der Waals surface area contributed by atoms with Crippen molar-refractivity contribution in [3.05, 3.63) is 65.5 Å². The van der Waals surface area contributed by atoms with Gasteiger partial charge >= 0.3 is 0 Å². The highest BCUT2D eigenvalue weighted by Gasteiger charge is 2.15. The van der Waals surface area contributed by atoms with Gasteiger partial charge in [0.2, 0.25) is 12.7 Å². The molecule has 4 rings (SSSR count). The van der Waals surface area contributed by atoms with E-state index in [0.717, 1.165) is 17.0 Å². The number of carbonyl (C=O) groups is 1. The normalized spacial score (nSPS) is 11.8. The first kappa shape index (κ1) is 18.5. The summed E-state index contributed by atoms with van der Waals surface area (Å²) >= 11 is 0. The Morgan fingerprint density at radius 3 is 2.66 bits per heavy atom. The van der Waals surface area contributed by atoms with Crippen LogP contribution < -0.4 is 24.8 Å². The third-order valence-electron chi connectivity index (χ3n) is 4.32. The molecule has 0 saturated carbocycles.